The number of hydrogen-bond acceptors (Lipinski definition) is 4. The third-order valence-corrected chi connectivity index (χ3v) is 2.37. The number of benzene rings is 1. The SMILES string of the molecule is COc1ccc(OCCCC#N)c(CCN)c1. The van der Waals surface area contributed by atoms with Crippen LogP contribution in [0.3, 0.4) is 0 Å². The molecule has 0 fully saturated rings. The molecule has 0 aliphatic carbocycles. The molecule has 0 aliphatic rings. The van der Waals surface area contributed by atoms with Gasteiger partial charge in [-0.3, -0.25) is 0 Å². The van der Waals surface area contributed by atoms with Crippen LogP contribution in [0.4, 0.5) is 0 Å². The van der Waals surface area contributed by atoms with Crippen molar-refractivity contribution >= 4 is 0 Å². The van der Waals surface area contributed by atoms with E-state index in [0.717, 1.165) is 29.9 Å². The van der Waals surface area contributed by atoms with Crippen LogP contribution in [0.2, 0.25) is 0 Å². The molecule has 2 N–H and O–H groups in total. The maximum absolute atomic E-state index is 8.43. The topological polar surface area (TPSA) is 68.3 Å². The van der Waals surface area contributed by atoms with Crippen LogP contribution in [0.15, 0.2) is 18.2 Å². The van der Waals surface area contributed by atoms with E-state index in [9.17, 15) is 0 Å². The summed E-state index contributed by atoms with van der Waals surface area (Å²) in [6.07, 6.45) is 2.01. The summed E-state index contributed by atoms with van der Waals surface area (Å²) >= 11 is 0. The fraction of sp³-hybridized carbons (Fsp3) is 0.462. The smallest absolute Gasteiger partial charge is 0.122 e. The molecule has 0 atom stereocenters. The van der Waals surface area contributed by atoms with Gasteiger partial charge in [0.05, 0.1) is 19.8 Å². The Hall–Kier alpha value is -1.73. The summed E-state index contributed by atoms with van der Waals surface area (Å²) in [5.41, 5.74) is 6.60. The molecule has 4 heteroatoms. The number of nitrogens with zero attached hydrogens (tertiary/aromatic N) is 1. The lowest BCUT2D eigenvalue weighted by molar-refractivity contribution is 0.308. The standard InChI is InChI=1S/C13H18N2O2/c1-16-12-4-5-13(11(10-12)6-8-15)17-9-3-2-7-14/h4-5,10H,2-3,6,8-9,15H2,1H3. The number of hydrogen-bond donors (Lipinski definition) is 1. The molecular weight excluding hydrogens is 216 g/mol. The average molecular weight is 234 g/mol. The van der Waals surface area contributed by atoms with Gasteiger partial charge in [0.1, 0.15) is 11.5 Å². The first-order valence-electron chi connectivity index (χ1n) is 5.68. The van der Waals surface area contributed by atoms with Gasteiger partial charge in [-0.05, 0) is 43.1 Å². The first kappa shape index (κ1) is 13.3. The van der Waals surface area contributed by atoms with Gasteiger partial charge in [-0.15, -0.1) is 0 Å². The van der Waals surface area contributed by atoms with Gasteiger partial charge >= 0.3 is 0 Å². The van der Waals surface area contributed by atoms with Crippen molar-refractivity contribution < 1.29 is 9.47 Å². The molecule has 0 unspecified atom stereocenters. The van der Waals surface area contributed by atoms with Crippen molar-refractivity contribution in [2.75, 3.05) is 20.3 Å². The lowest BCUT2D eigenvalue weighted by Gasteiger charge is -2.12. The third kappa shape index (κ3) is 4.33. The van der Waals surface area contributed by atoms with Crippen molar-refractivity contribution in [3.05, 3.63) is 23.8 Å². The predicted octanol–water partition coefficient (Wildman–Crippen LogP) is 1.88. The molecule has 0 bridgehead atoms. The number of rotatable bonds is 7. The number of unbranched alkanes of at least 4 members (excludes halogenated alkanes) is 1. The minimum Gasteiger partial charge on any atom is -0.497 e. The van der Waals surface area contributed by atoms with Crippen LogP contribution >= 0.6 is 0 Å². The van der Waals surface area contributed by atoms with E-state index >= 15 is 0 Å². The van der Waals surface area contributed by atoms with E-state index in [1.54, 1.807) is 7.11 Å². The summed E-state index contributed by atoms with van der Waals surface area (Å²) < 4.78 is 10.8. The maximum atomic E-state index is 8.43. The molecule has 92 valence electrons. The number of methoxy groups -OCH3 is 1. The largest absolute Gasteiger partial charge is 0.497 e. The van der Waals surface area contributed by atoms with Crippen LogP contribution in [0.5, 0.6) is 11.5 Å². The molecule has 1 rings (SSSR count). The van der Waals surface area contributed by atoms with Gasteiger partial charge in [0.25, 0.3) is 0 Å². The van der Waals surface area contributed by atoms with Gasteiger partial charge in [-0.25, -0.2) is 0 Å². The molecule has 0 heterocycles. The Balaban J connectivity index is 2.66. The molecule has 0 aliphatic heterocycles. The van der Waals surface area contributed by atoms with E-state index in [-0.39, 0.29) is 0 Å². The van der Waals surface area contributed by atoms with Crippen molar-refractivity contribution in [1.82, 2.24) is 0 Å². The van der Waals surface area contributed by atoms with Gasteiger partial charge < -0.3 is 15.2 Å². The molecule has 1 aromatic carbocycles. The van der Waals surface area contributed by atoms with Gasteiger partial charge in [0.2, 0.25) is 0 Å². The second kappa shape index (κ2) is 7.53. The number of ether oxygens (including phenoxy) is 2. The van der Waals surface area contributed by atoms with Crippen LogP contribution in [0.1, 0.15) is 18.4 Å². The monoisotopic (exact) mass is 234 g/mol. The summed E-state index contributed by atoms with van der Waals surface area (Å²) in [5, 5.41) is 8.43. The Bertz CT molecular complexity index is 385. The van der Waals surface area contributed by atoms with Crippen LogP contribution in [-0.2, 0) is 6.42 Å². The molecule has 4 nitrogen and oxygen atoms in total. The molecular formula is C13H18N2O2. The zero-order valence-electron chi connectivity index (χ0n) is 10.1. The van der Waals surface area contributed by atoms with Crippen LogP contribution in [0.25, 0.3) is 0 Å². The minimum atomic E-state index is 0.516. The van der Waals surface area contributed by atoms with Crippen LogP contribution < -0.4 is 15.2 Å². The minimum absolute atomic E-state index is 0.516. The van der Waals surface area contributed by atoms with Crippen LogP contribution in [0, 0.1) is 11.3 Å². The molecule has 0 saturated heterocycles. The van der Waals surface area contributed by atoms with Crippen molar-refractivity contribution in [2.24, 2.45) is 5.73 Å². The Morgan fingerprint density at radius 2 is 2.24 bits per heavy atom. The van der Waals surface area contributed by atoms with Crippen molar-refractivity contribution in [1.29, 1.82) is 5.26 Å². The molecule has 0 saturated carbocycles. The summed E-state index contributed by atoms with van der Waals surface area (Å²) in [6, 6.07) is 7.77. The van der Waals surface area contributed by atoms with E-state index < -0.39 is 0 Å². The summed E-state index contributed by atoms with van der Waals surface area (Å²) in [4.78, 5) is 0. The Kier molecular flexibility index (Phi) is 5.91. The fourth-order valence-electron chi connectivity index (χ4n) is 1.51. The first-order chi connectivity index (χ1) is 8.31. The van der Waals surface area contributed by atoms with Crippen molar-refractivity contribution in [3.8, 4) is 17.6 Å². The van der Waals surface area contributed by atoms with Crippen molar-refractivity contribution in [3.63, 3.8) is 0 Å². The van der Waals surface area contributed by atoms with E-state index in [1.807, 2.05) is 18.2 Å². The number of nitrogens with two attached hydrogens (primary N) is 1. The Labute approximate surface area is 102 Å². The molecule has 0 aromatic heterocycles. The van der Waals surface area contributed by atoms with E-state index in [0.29, 0.717) is 19.6 Å². The molecule has 1 aromatic rings. The first-order valence-corrected chi connectivity index (χ1v) is 5.68. The summed E-state index contributed by atoms with van der Waals surface area (Å²) in [6.45, 7) is 1.12. The van der Waals surface area contributed by atoms with Gasteiger partial charge in [-0.1, -0.05) is 0 Å². The second-order valence-corrected chi connectivity index (χ2v) is 3.62. The molecule has 17 heavy (non-hydrogen) atoms. The Morgan fingerprint density at radius 3 is 2.88 bits per heavy atom. The fourth-order valence-corrected chi connectivity index (χ4v) is 1.51. The lowest BCUT2D eigenvalue weighted by Crippen LogP contribution is -2.06. The average Bonchev–Trinajstić information content (AvgIpc) is 2.36. The zero-order chi connectivity index (χ0) is 12.5. The molecule has 0 amide bonds. The molecule has 0 spiro atoms. The van der Waals surface area contributed by atoms with Crippen LogP contribution in [-0.4, -0.2) is 20.3 Å². The predicted molar refractivity (Wildman–Crippen MR) is 66.1 cm³/mol. The highest BCUT2D eigenvalue weighted by molar-refractivity contribution is 5.40. The highest BCUT2D eigenvalue weighted by atomic mass is 16.5. The Morgan fingerprint density at radius 1 is 1.41 bits per heavy atom. The van der Waals surface area contributed by atoms with Crippen molar-refractivity contribution in [2.45, 2.75) is 19.3 Å². The summed E-state index contributed by atoms with van der Waals surface area (Å²) in [5.74, 6) is 1.63. The maximum Gasteiger partial charge on any atom is 0.122 e. The molecule has 0 radical (unpaired) electrons. The van der Waals surface area contributed by atoms with E-state index in [4.69, 9.17) is 20.5 Å². The third-order valence-electron chi connectivity index (χ3n) is 2.37. The van der Waals surface area contributed by atoms with Gasteiger partial charge in [0.15, 0.2) is 0 Å². The highest BCUT2D eigenvalue weighted by Gasteiger charge is 2.05. The second-order valence-electron chi connectivity index (χ2n) is 3.62. The summed E-state index contributed by atoms with van der Waals surface area (Å²) in [7, 11) is 1.63. The number of nitriles is 1. The van der Waals surface area contributed by atoms with Gasteiger partial charge in [-0.2, -0.15) is 5.26 Å². The van der Waals surface area contributed by atoms with E-state index in [2.05, 4.69) is 6.07 Å². The normalized spacial score (nSPS) is 9.71. The lowest BCUT2D eigenvalue weighted by atomic mass is 10.1. The quantitative estimate of drug-likeness (QED) is 0.731. The zero-order valence-corrected chi connectivity index (χ0v) is 10.1. The van der Waals surface area contributed by atoms with Gasteiger partial charge in [0, 0.05) is 6.42 Å². The van der Waals surface area contributed by atoms with E-state index in [1.165, 1.54) is 0 Å². The highest BCUT2D eigenvalue weighted by Crippen LogP contribution is 2.24.